The van der Waals surface area contributed by atoms with Gasteiger partial charge in [-0.05, 0) is 42.2 Å². The maximum absolute atomic E-state index is 6.21. The van der Waals surface area contributed by atoms with E-state index in [0.29, 0.717) is 0 Å². The van der Waals surface area contributed by atoms with E-state index in [1.807, 2.05) is 36.4 Å². The highest BCUT2D eigenvalue weighted by Gasteiger charge is 2.08. The molecule has 88 valence electrons. The molecule has 1 atom stereocenters. The van der Waals surface area contributed by atoms with Crippen LogP contribution in [0.25, 0.3) is 0 Å². The molecule has 0 aliphatic rings. The van der Waals surface area contributed by atoms with Gasteiger partial charge in [0.2, 0.25) is 0 Å². The van der Waals surface area contributed by atoms with E-state index >= 15 is 0 Å². The fourth-order valence-electron chi connectivity index (χ4n) is 1.93. The molecular formula is C15H16ClN. The lowest BCUT2D eigenvalue weighted by Crippen LogP contribution is -2.13. The van der Waals surface area contributed by atoms with Crippen LogP contribution in [0.1, 0.15) is 22.7 Å². The van der Waals surface area contributed by atoms with Gasteiger partial charge >= 0.3 is 0 Å². The minimum Gasteiger partial charge on any atom is -0.324 e. The highest BCUT2D eigenvalue weighted by Crippen LogP contribution is 2.20. The van der Waals surface area contributed by atoms with E-state index in [-0.39, 0.29) is 6.04 Å². The quantitative estimate of drug-likeness (QED) is 0.872. The van der Waals surface area contributed by atoms with E-state index in [1.165, 1.54) is 11.1 Å². The molecule has 0 spiro atoms. The highest BCUT2D eigenvalue weighted by molar-refractivity contribution is 6.30. The van der Waals surface area contributed by atoms with E-state index in [1.54, 1.807) is 0 Å². The van der Waals surface area contributed by atoms with Gasteiger partial charge in [-0.3, -0.25) is 0 Å². The van der Waals surface area contributed by atoms with E-state index < -0.39 is 0 Å². The third kappa shape index (κ3) is 3.09. The third-order valence-corrected chi connectivity index (χ3v) is 3.21. The highest BCUT2D eigenvalue weighted by atomic mass is 35.5. The second kappa shape index (κ2) is 5.35. The SMILES string of the molecule is Cc1ccccc1C[C@H](N)c1cccc(Cl)c1. The number of hydrogen-bond acceptors (Lipinski definition) is 1. The van der Waals surface area contributed by atoms with Crippen molar-refractivity contribution < 1.29 is 0 Å². The Bertz CT molecular complexity index is 508. The van der Waals surface area contributed by atoms with Gasteiger partial charge in [-0.15, -0.1) is 0 Å². The van der Waals surface area contributed by atoms with Crippen LogP contribution in [-0.2, 0) is 6.42 Å². The predicted octanol–water partition coefficient (Wildman–Crippen LogP) is 3.89. The van der Waals surface area contributed by atoms with Gasteiger partial charge in [-0.25, -0.2) is 0 Å². The molecule has 0 aromatic heterocycles. The van der Waals surface area contributed by atoms with Gasteiger partial charge in [0.05, 0.1) is 0 Å². The van der Waals surface area contributed by atoms with Crippen LogP contribution < -0.4 is 5.73 Å². The molecule has 2 N–H and O–H groups in total. The Hall–Kier alpha value is -1.31. The molecule has 0 amide bonds. The summed E-state index contributed by atoms with van der Waals surface area (Å²) < 4.78 is 0. The van der Waals surface area contributed by atoms with Crippen LogP contribution in [0.3, 0.4) is 0 Å². The van der Waals surface area contributed by atoms with Gasteiger partial charge in [0.25, 0.3) is 0 Å². The van der Waals surface area contributed by atoms with Gasteiger partial charge in [0.15, 0.2) is 0 Å². The number of nitrogens with two attached hydrogens (primary N) is 1. The summed E-state index contributed by atoms with van der Waals surface area (Å²) >= 11 is 5.97. The molecule has 0 bridgehead atoms. The standard InChI is InChI=1S/C15H16ClN/c1-11-5-2-3-6-12(11)10-15(17)13-7-4-8-14(16)9-13/h2-9,15H,10,17H2,1H3/t15-/m0/s1. The van der Waals surface area contributed by atoms with Crippen LogP contribution in [0.5, 0.6) is 0 Å². The summed E-state index contributed by atoms with van der Waals surface area (Å²) in [6.45, 7) is 2.11. The van der Waals surface area contributed by atoms with Crippen molar-refractivity contribution >= 4 is 11.6 Å². The zero-order chi connectivity index (χ0) is 12.3. The molecule has 0 aliphatic carbocycles. The second-order valence-corrected chi connectivity index (χ2v) is 4.73. The summed E-state index contributed by atoms with van der Waals surface area (Å²) in [5.74, 6) is 0. The molecule has 0 aliphatic heterocycles. The first kappa shape index (κ1) is 12.2. The van der Waals surface area contributed by atoms with E-state index in [9.17, 15) is 0 Å². The second-order valence-electron chi connectivity index (χ2n) is 4.29. The van der Waals surface area contributed by atoms with Crippen molar-refractivity contribution in [3.8, 4) is 0 Å². The molecule has 17 heavy (non-hydrogen) atoms. The maximum Gasteiger partial charge on any atom is 0.0409 e. The molecule has 0 radical (unpaired) electrons. The van der Waals surface area contributed by atoms with Crippen molar-refractivity contribution in [2.24, 2.45) is 5.73 Å². The summed E-state index contributed by atoms with van der Waals surface area (Å²) in [7, 11) is 0. The molecule has 0 heterocycles. The van der Waals surface area contributed by atoms with Crippen molar-refractivity contribution in [2.45, 2.75) is 19.4 Å². The van der Waals surface area contributed by atoms with Crippen LogP contribution in [0.2, 0.25) is 5.02 Å². The van der Waals surface area contributed by atoms with Gasteiger partial charge in [-0.1, -0.05) is 48.0 Å². The largest absolute Gasteiger partial charge is 0.324 e. The Morgan fingerprint density at radius 1 is 1.12 bits per heavy atom. The zero-order valence-electron chi connectivity index (χ0n) is 9.86. The molecule has 2 heteroatoms. The lowest BCUT2D eigenvalue weighted by Gasteiger charge is -2.14. The van der Waals surface area contributed by atoms with Crippen molar-refractivity contribution in [2.75, 3.05) is 0 Å². The first-order valence-electron chi connectivity index (χ1n) is 5.72. The van der Waals surface area contributed by atoms with Crippen molar-refractivity contribution in [1.29, 1.82) is 0 Å². The molecule has 0 saturated heterocycles. The fourth-order valence-corrected chi connectivity index (χ4v) is 2.13. The molecular weight excluding hydrogens is 230 g/mol. The summed E-state index contributed by atoms with van der Waals surface area (Å²) in [5.41, 5.74) is 9.86. The molecule has 0 saturated carbocycles. The normalized spacial score (nSPS) is 12.4. The summed E-state index contributed by atoms with van der Waals surface area (Å²) in [6, 6.07) is 16.1. The average Bonchev–Trinajstić information content (AvgIpc) is 2.32. The zero-order valence-corrected chi connectivity index (χ0v) is 10.6. The number of benzene rings is 2. The van der Waals surface area contributed by atoms with Crippen LogP contribution in [0, 0.1) is 6.92 Å². The lowest BCUT2D eigenvalue weighted by molar-refractivity contribution is 0.719. The van der Waals surface area contributed by atoms with Gasteiger partial charge in [0, 0.05) is 11.1 Å². The Morgan fingerprint density at radius 2 is 1.88 bits per heavy atom. The van der Waals surface area contributed by atoms with Gasteiger partial charge < -0.3 is 5.73 Å². The molecule has 2 aromatic rings. The van der Waals surface area contributed by atoms with Crippen molar-refractivity contribution in [3.05, 3.63) is 70.2 Å². The monoisotopic (exact) mass is 245 g/mol. The molecule has 2 aromatic carbocycles. The third-order valence-electron chi connectivity index (χ3n) is 2.98. The van der Waals surface area contributed by atoms with Crippen LogP contribution in [-0.4, -0.2) is 0 Å². The fraction of sp³-hybridized carbons (Fsp3) is 0.200. The van der Waals surface area contributed by atoms with Crippen molar-refractivity contribution in [1.82, 2.24) is 0 Å². The number of aryl methyl sites for hydroxylation is 1. The Labute approximate surface area is 107 Å². The van der Waals surface area contributed by atoms with Crippen LogP contribution >= 0.6 is 11.6 Å². The van der Waals surface area contributed by atoms with E-state index in [2.05, 4.69) is 19.1 Å². The number of hydrogen-bond donors (Lipinski definition) is 1. The van der Waals surface area contributed by atoms with E-state index in [4.69, 9.17) is 17.3 Å². The van der Waals surface area contributed by atoms with Crippen molar-refractivity contribution in [3.63, 3.8) is 0 Å². The number of rotatable bonds is 3. The average molecular weight is 246 g/mol. The molecule has 1 nitrogen and oxygen atoms in total. The Balaban J connectivity index is 2.17. The Morgan fingerprint density at radius 3 is 2.59 bits per heavy atom. The first-order valence-corrected chi connectivity index (χ1v) is 6.10. The summed E-state index contributed by atoms with van der Waals surface area (Å²) in [4.78, 5) is 0. The topological polar surface area (TPSA) is 26.0 Å². The minimum atomic E-state index is -0.00481. The number of halogens is 1. The minimum absolute atomic E-state index is 0.00481. The smallest absolute Gasteiger partial charge is 0.0409 e. The first-order chi connectivity index (χ1) is 8.16. The molecule has 0 fully saturated rings. The van der Waals surface area contributed by atoms with E-state index in [0.717, 1.165) is 17.0 Å². The summed E-state index contributed by atoms with van der Waals surface area (Å²) in [6.07, 6.45) is 0.840. The Kier molecular flexibility index (Phi) is 3.82. The summed E-state index contributed by atoms with van der Waals surface area (Å²) in [5, 5.41) is 0.739. The van der Waals surface area contributed by atoms with Crippen LogP contribution in [0.4, 0.5) is 0 Å². The predicted molar refractivity (Wildman–Crippen MR) is 73.3 cm³/mol. The van der Waals surface area contributed by atoms with Gasteiger partial charge in [-0.2, -0.15) is 0 Å². The lowest BCUT2D eigenvalue weighted by atomic mass is 9.97. The molecule has 2 rings (SSSR count). The van der Waals surface area contributed by atoms with Crippen LogP contribution in [0.15, 0.2) is 48.5 Å². The molecule has 0 unspecified atom stereocenters. The van der Waals surface area contributed by atoms with Gasteiger partial charge in [0.1, 0.15) is 0 Å². The maximum atomic E-state index is 6.21.